The molecule has 21 heavy (non-hydrogen) atoms. The molecule has 5 heteroatoms. The number of ether oxygens (including phenoxy) is 2. The van der Waals surface area contributed by atoms with Gasteiger partial charge in [-0.3, -0.25) is 5.84 Å². The summed E-state index contributed by atoms with van der Waals surface area (Å²) < 4.78 is 11.9. The van der Waals surface area contributed by atoms with Crippen molar-refractivity contribution in [1.29, 1.82) is 0 Å². The molecule has 0 heterocycles. The van der Waals surface area contributed by atoms with E-state index in [1.54, 1.807) is 14.2 Å². The lowest BCUT2D eigenvalue weighted by molar-refractivity contribution is 0.394. The summed E-state index contributed by atoms with van der Waals surface area (Å²) in [5.41, 5.74) is 5.92. The minimum atomic E-state index is -0.220. The van der Waals surface area contributed by atoms with Crippen molar-refractivity contribution < 1.29 is 9.47 Å². The lowest BCUT2D eigenvalue weighted by atomic mass is 9.96. The molecule has 0 saturated heterocycles. The van der Waals surface area contributed by atoms with E-state index in [-0.39, 0.29) is 6.04 Å². The molecule has 0 aliphatic rings. The highest BCUT2D eigenvalue weighted by Gasteiger charge is 2.21. The molecule has 1 atom stereocenters. The molecule has 1 unspecified atom stereocenters. The fraction of sp³-hybridized carbons (Fsp3) is 0.250. The highest BCUT2D eigenvalue weighted by molar-refractivity contribution is 9.10. The molecule has 0 aromatic heterocycles. The summed E-state index contributed by atoms with van der Waals surface area (Å²) in [5.74, 6) is 7.35. The molecule has 0 radical (unpaired) electrons. The summed E-state index contributed by atoms with van der Waals surface area (Å²) >= 11 is 3.45. The highest BCUT2D eigenvalue weighted by atomic mass is 79.9. The number of nitrogens with two attached hydrogens (primary N) is 1. The Hall–Kier alpha value is -1.56. The Labute approximate surface area is 133 Å². The van der Waals surface area contributed by atoms with Crippen LogP contribution in [0.4, 0.5) is 0 Å². The molecule has 0 saturated carbocycles. The highest BCUT2D eigenvalue weighted by Crippen LogP contribution is 2.36. The second kappa shape index (κ2) is 6.93. The third kappa shape index (κ3) is 3.37. The van der Waals surface area contributed by atoms with Crippen molar-refractivity contribution in [1.82, 2.24) is 5.43 Å². The van der Waals surface area contributed by atoms with Crippen LogP contribution in [-0.2, 0) is 0 Å². The van der Waals surface area contributed by atoms with Gasteiger partial charge >= 0.3 is 0 Å². The first kappa shape index (κ1) is 15.8. The van der Waals surface area contributed by atoms with Crippen LogP contribution in [0, 0.1) is 6.92 Å². The standard InChI is InChI=1S/C16H19BrN2O2/c1-10-4-7-14(20-2)13(8-10)16(19-18)12-6-5-11(17)9-15(12)21-3/h4-9,16,19H,18H2,1-3H3. The molecule has 3 N–H and O–H groups in total. The van der Waals surface area contributed by atoms with E-state index in [0.29, 0.717) is 0 Å². The molecule has 0 fully saturated rings. The number of methoxy groups -OCH3 is 2. The number of nitrogens with one attached hydrogen (secondary N) is 1. The molecular formula is C16H19BrN2O2. The SMILES string of the molecule is COc1cc(Br)ccc1C(NN)c1cc(C)ccc1OC. The van der Waals surface area contributed by atoms with Crippen molar-refractivity contribution in [2.45, 2.75) is 13.0 Å². The van der Waals surface area contributed by atoms with Crippen LogP contribution < -0.4 is 20.7 Å². The molecule has 2 aromatic carbocycles. The zero-order valence-corrected chi connectivity index (χ0v) is 13.9. The largest absolute Gasteiger partial charge is 0.496 e. The number of halogens is 1. The molecule has 0 bridgehead atoms. The number of aryl methyl sites for hydroxylation is 1. The van der Waals surface area contributed by atoms with Gasteiger partial charge < -0.3 is 9.47 Å². The monoisotopic (exact) mass is 350 g/mol. The number of benzene rings is 2. The Morgan fingerprint density at radius 1 is 1.00 bits per heavy atom. The van der Waals surface area contributed by atoms with Crippen LogP contribution in [0.3, 0.4) is 0 Å². The van der Waals surface area contributed by atoms with E-state index in [2.05, 4.69) is 27.4 Å². The Kier molecular flexibility index (Phi) is 5.22. The lowest BCUT2D eigenvalue weighted by Gasteiger charge is -2.22. The van der Waals surface area contributed by atoms with Crippen LogP contribution in [-0.4, -0.2) is 14.2 Å². The summed E-state index contributed by atoms with van der Waals surface area (Å²) in [6.07, 6.45) is 0. The Morgan fingerprint density at radius 3 is 2.33 bits per heavy atom. The first-order chi connectivity index (χ1) is 10.1. The number of hydrazine groups is 1. The molecule has 0 spiro atoms. The molecule has 112 valence electrons. The van der Waals surface area contributed by atoms with E-state index in [4.69, 9.17) is 15.3 Å². The Bertz CT molecular complexity index is 632. The zero-order valence-electron chi connectivity index (χ0n) is 12.3. The van der Waals surface area contributed by atoms with Gasteiger partial charge in [-0.25, -0.2) is 5.43 Å². The fourth-order valence-electron chi connectivity index (χ4n) is 2.35. The summed E-state index contributed by atoms with van der Waals surface area (Å²) in [4.78, 5) is 0. The van der Waals surface area contributed by atoms with Crippen LogP contribution in [0.1, 0.15) is 22.7 Å². The van der Waals surface area contributed by atoms with Crippen molar-refractivity contribution in [3.63, 3.8) is 0 Å². The van der Waals surface area contributed by atoms with Crippen molar-refractivity contribution in [3.8, 4) is 11.5 Å². The second-order valence-corrected chi connectivity index (χ2v) is 5.65. The molecule has 2 aromatic rings. The van der Waals surface area contributed by atoms with Crippen LogP contribution in [0.25, 0.3) is 0 Å². The van der Waals surface area contributed by atoms with Gasteiger partial charge in [-0.05, 0) is 25.1 Å². The molecule has 0 aliphatic heterocycles. The topological polar surface area (TPSA) is 56.5 Å². The first-order valence-electron chi connectivity index (χ1n) is 6.54. The normalized spacial score (nSPS) is 12.0. The zero-order chi connectivity index (χ0) is 15.4. The fourth-order valence-corrected chi connectivity index (χ4v) is 2.69. The Balaban J connectivity index is 2.57. The summed E-state index contributed by atoms with van der Waals surface area (Å²) in [7, 11) is 3.30. The molecule has 2 rings (SSSR count). The predicted octanol–water partition coefficient (Wildman–Crippen LogP) is 3.33. The maximum absolute atomic E-state index is 5.80. The molecule has 0 aliphatic carbocycles. The van der Waals surface area contributed by atoms with E-state index in [1.807, 2.05) is 37.3 Å². The van der Waals surface area contributed by atoms with Gasteiger partial charge in [0.1, 0.15) is 11.5 Å². The second-order valence-electron chi connectivity index (χ2n) is 4.73. The maximum atomic E-state index is 5.80. The van der Waals surface area contributed by atoms with E-state index >= 15 is 0 Å². The van der Waals surface area contributed by atoms with Crippen molar-refractivity contribution in [2.75, 3.05) is 14.2 Å². The molecule has 4 nitrogen and oxygen atoms in total. The maximum Gasteiger partial charge on any atom is 0.125 e. The number of hydrogen-bond acceptors (Lipinski definition) is 4. The van der Waals surface area contributed by atoms with Gasteiger partial charge in [0.05, 0.1) is 20.3 Å². The van der Waals surface area contributed by atoms with E-state index in [1.165, 1.54) is 0 Å². The van der Waals surface area contributed by atoms with Crippen molar-refractivity contribution >= 4 is 15.9 Å². The van der Waals surface area contributed by atoms with Gasteiger partial charge in [0.2, 0.25) is 0 Å². The van der Waals surface area contributed by atoms with Crippen LogP contribution in [0.5, 0.6) is 11.5 Å². The van der Waals surface area contributed by atoms with Crippen molar-refractivity contribution in [3.05, 3.63) is 57.6 Å². The van der Waals surface area contributed by atoms with Gasteiger partial charge in [-0.2, -0.15) is 0 Å². The quantitative estimate of drug-likeness (QED) is 0.641. The minimum Gasteiger partial charge on any atom is -0.496 e. The average molecular weight is 351 g/mol. The van der Waals surface area contributed by atoms with Gasteiger partial charge in [-0.1, -0.05) is 39.7 Å². The lowest BCUT2D eigenvalue weighted by Crippen LogP contribution is -2.29. The summed E-state index contributed by atoms with van der Waals surface area (Å²) in [6, 6.07) is 11.7. The van der Waals surface area contributed by atoms with Crippen molar-refractivity contribution in [2.24, 2.45) is 5.84 Å². The van der Waals surface area contributed by atoms with Gasteiger partial charge in [-0.15, -0.1) is 0 Å². The predicted molar refractivity (Wildman–Crippen MR) is 87.6 cm³/mol. The summed E-state index contributed by atoms with van der Waals surface area (Å²) in [5, 5.41) is 0. The smallest absolute Gasteiger partial charge is 0.125 e. The van der Waals surface area contributed by atoms with E-state index in [9.17, 15) is 0 Å². The van der Waals surface area contributed by atoms with E-state index in [0.717, 1.165) is 32.7 Å². The average Bonchev–Trinajstić information content (AvgIpc) is 2.49. The molecular weight excluding hydrogens is 332 g/mol. The third-order valence-electron chi connectivity index (χ3n) is 3.37. The van der Waals surface area contributed by atoms with Crippen LogP contribution in [0.15, 0.2) is 40.9 Å². The molecule has 0 amide bonds. The van der Waals surface area contributed by atoms with E-state index < -0.39 is 0 Å². The first-order valence-corrected chi connectivity index (χ1v) is 7.34. The van der Waals surface area contributed by atoms with Crippen LogP contribution >= 0.6 is 15.9 Å². The van der Waals surface area contributed by atoms with Gasteiger partial charge in [0, 0.05) is 15.6 Å². The van der Waals surface area contributed by atoms with Crippen LogP contribution in [0.2, 0.25) is 0 Å². The third-order valence-corrected chi connectivity index (χ3v) is 3.86. The minimum absolute atomic E-state index is 0.220. The summed E-state index contributed by atoms with van der Waals surface area (Å²) in [6.45, 7) is 2.04. The van der Waals surface area contributed by atoms with Gasteiger partial charge in [0.15, 0.2) is 0 Å². The number of rotatable bonds is 5. The Morgan fingerprint density at radius 2 is 1.71 bits per heavy atom. The number of hydrogen-bond donors (Lipinski definition) is 2. The van der Waals surface area contributed by atoms with Gasteiger partial charge in [0.25, 0.3) is 0 Å².